The minimum Gasteiger partial charge on any atom is -0.378 e. The molecule has 6 nitrogen and oxygen atoms in total. The summed E-state index contributed by atoms with van der Waals surface area (Å²) >= 11 is 1.29. The zero-order chi connectivity index (χ0) is 24.2. The Morgan fingerprint density at radius 2 is 1.71 bits per heavy atom. The maximum Gasteiger partial charge on any atom is 0.262 e. The first kappa shape index (κ1) is 23.6. The van der Waals surface area contributed by atoms with E-state index >= 15 is 0 Å². The number of rotatable bonds is 7. The molecule has 0 aliphatic heterocycles. The predicted octanol–water partition coefficient (Wildman–Crippen LogP) is 4.94. The second kappa shape index (κ2) is 10.1. The Balaban J connectivity index is 1.61. The van der Waals surface area contributed by atoms with Crippen LogP contribution in [0.15, 0.2) is 82.7 Å². The number of carbonyl (C=O) groups is 1. The molecule has 0 spiro atoms. The van der Waals surface area contributed by atoms with Gasteiger partial charge in [0.15, 0.2) is 5.16 Å². The van der Waals surface area contributed by atoms with E-state index in [-0.39, 0.29) is 11.5 Å². The molecule has 1 N–H and O–H groups in total. The second-order valence-corrected chi connectivity index (χ2v) is 9.79. The van der Waals surface area contributed by atoms with Crippen molar-refractivity contribution in [2.45, 2.75) is 30.8 Å². The highest BCUT2D eigenvalue weighted by atomic mass is 32.2. The van der Waals surface area contributed by atoms with Crippen molar-refractivity contribution >= 4 is 39.9 Å². The van der Waals surface area contributed by atoms with Gasteiger partial charge in [-0.05, 0) is 55.8 Å². The number of hydrogen-bond acceptors (Lipinski definition) is 5. The van der Waals surface area contributed by atoms with Crippen LogP contribution in [0, 0.1) is 6.92 Å². The molecule has 0 aliphatic rings. The van der Waals surface area contributed by atoms with Gasteiger partial charge in [0.1, 0.15) is 0 Å². The van der Waals surface area contributed by atoms with Crippen LogP contribution in [-0.4, -0.2) is 34.8 Å². The zero-order valence-electron chi connectivity index (χ0n) is 19.8. The van der Waals surface area contributed by atoms with Gasteiger partial charge in [-0.25, -0.2) is 4.98 Å². The molecule has 4 aromatic rings. The van der Waals surface area contributed by atoms with Crippen molar-refractivity contribution in [1.29, 1.82) is 0 Å². The number of aryl methyl sites for hydroxylation is 1. The Kier molecular flexibility index (Phi) is 7.03. The third kappa shape index (κ3) is 5.31. The summed E-state index contributed by atoms with van der Waals surface area (Å²) in [6, 6.07) is 23.1. The van der Waals surface area contributed by atoms with Crippen molar-refractivity contribution in [3.05, 3.63) is 94.3 Å². The highest BCUT2D eigenvalue weighted by Gasteiger charge is 2.20. The molecule has 1 aromatic heterocycles. The van der Waals surface area contributed by atoms with Gasteiger partial charge in [0.05, 0.1) is 22.7 Å². The van der Waals surface area contributed by atoms with E-state index < -0.39 is 5.25 Å². The smallest absolute Gasteiger partial charge is 0.262 e. The summed E-state index contributed by atoms with van der Waals surface area (Å²) in [5.74, 6) is -0.146. The lowest BCUT2D eigenvalue weighted by atomic mass is 10.1. The lowest BCUT2D eigenvalue weighted by Gasteiger charge is -2.17. The van der Waals surface area contributed by atoms with Crippen LogP contribution in [0.1, 0.15) is 18.1 Å². The summed E-state index contributed by atoms with van der Waals surface area (Å²) in [6.07, 6.45) is 0. The van der Waals surface area contributed by atoms with Crippen LogP contribution >= 0.6 is 11.8 Å². The number of nitrogens with one attached hydrogen (secondary N) is 1. The van der Waals surface area contributed by atoms with Gasteiger partial charge in [-0.1, -0.05) is 53.7 Å². The number of aromatic nitrogens is 2. The molecule has 1 heterocycles. The van der Waals surface area contributed by atoms with E-state index in [0.29, 0.717) is 22.6 Å². The van der Waals surface area contributed by atoms with Crippen LogP contribution in [0.5, 0.6) is 0 Å². The molecule has 0 radical (unpaired) electrons. The number of carbonyl (C=O) groups excluding carboxylic acids is 1. The quantitative estimate of drug-likeness (QED) is 0.305. The number of benzene rings is 3. The van der Waals surface area contributed by atoms with Crippen molar-refractivity contribution in [2.24, 2.45) is 0 Å². The van der Waals surface area contributed by atoms with Crippen LogP contribution in [0.2, 0.25) is 0 Å². The average Bonchev–Trinajstić information content (AvgIpc) is 2.83. The van der Waals surface area contributed by atoms with Gasteiger partial charge < -0.3 is 10.2 Å². The summed E-state index contributed by atoms with van der Waals surface area (Å²) in [5, 5.41) is 3.60. The molecule has 1 amide bonds. The fourth-order valence-electron chi connectivity index (χ4n) is 3.55. The molecule has 174 valence electrons. The summed E-state index contributed by atoms with van der Waals surface area (Å²) < 4.78 is 1.66. The van der Waals surface area contributed by atoms with E-state index in [1.165, 1.54) is 11.8 Å². The fourth-order valence-corrected chi connectivity index (χ4v) is 4.46. The van der Waals surface area contributed by atoms with Crippen LogP contribution in [0.3, 0.4) is 0 Å². The van der Waals surface area contributed by atoms with E-state index in [0.717, 1.165) is 22.5 Å². The number of para-hydroxylation sites is 1. The van der Waals surface area contributed by atoms with Gasteiger partial charge in [-0.2, -0.15) is 0 Å². The molecule has 34 heavy (non-hydrogen) atoms. The Morgan fingerprint density at radius 3 is 2.38 bits per heavy atom. The van der Waals surface area contributed by atoms with Crippen molar-refractivity contribution < 1.29 is 4.79 Å². The Morgan fingerprint density at radius 1 is 1.03 bits per heavy atom. The Hall–Kier alpha value is -3.58. The van der Waals surface area contributed by atoms with Crippen LogP contribution in [0.4, 0.5) is 11.4 Å². The molecule has 1 atom stereocenters. The molecule has 3 aromatic carbocycles. The zero-order valence-corrected chi connectivity index (χ0v) is 20.6. The van der Waals surface area contributed by atoms with E-state index in [1.807, 2.05) is 99.6 Å². The van der Waals surface area contributed by atoms with Gasteiger partial charge in [0.25, 0.3) is 5.56 Å². The first-order chi connectivity index (χ1) is 16.3. The minimum absolute atomic E-state index is 0.111. The summed E-state index contributed by atoms with van der Waals surface area (Å²) in [4.78, 5) is 33.0. The molecule has 0 bridgehead atoms. The molecule has 7 heteroatoms. The van der Waals surface area contributed by atoms with E-state index in [4.69, 9.17) is 4.98 Å². The van der Waals surface area contributed by atoms with Crippen molar-refractivity contribution in [3.8, 4) is 0 Å². The van der Waals surface area contributed by atoms with Crippen LogP contribution in [-0.2, 0) is 11.3 Å². The number of amides is 1. The number of thioether (sulfide) groups is 1. The highest BCUT2D eigenvalue weighted by Crippen LogP contribution is 2.25. The molecular weight excluding hydrogens is 444 g/mol. The average molecular weight is 473 g/mol. The van der Waals surface area contributed by atoms with Crippen LogP contribution < -0.4 is 15.8 Å². The Bertz CT molecular complexity index is 1360. The third-order valence-electron chi connectivity index (χ3n) is 5.59. The number of nitrogens with zero attached hydrogens (tertiary/aromatic N) is 3. The molecule has 0 saturated heterocycles. The van der Waals surface area contributed by atoms with E-state index in [9.17, 15) is 9.59 Å². The SMILES string of the molecule is Cc1ccc(Cn2c(SC(C)C(=O)Nc3ccc(N(C)C)cc3)nc3ccccc3c2=O)cc1. The van der Waals surface area contributed by atoms with Crippen molar-refractivity contribution in [1.82, 2.24) is 9.55 Å². The van der Waals surface area contributed by atoms with E-state index in [2.05, 4.69) is 5.32 Å². The topological polar surface area (TPSA) is 67.2 Å². The summed E-state index contributed by atoms with van der Waals surface area (Å²) in [7, 11) is 3.94. The van der Waals surface area contributed by atoms with Crippen molar-refractivity contribution in [2.75, 3.05) is 24.3 Å². The van der Waals surface area contributed by atoms with E-state index in [1.54, 1.807) is 10.6 Å². The minimum atomic E-state index is -0.453. The molecule has 1 unspecified atom stereocenters. The lowest BCUT2D eigenvalue weighted by molar-refractivity contribution is -0.115. The number of anilines is 2. The van der Waals surface area contributed by atoms with Gasteiger partial charge in [-0.15, -0.1) is 0 Å². The largest absolute Gasteiger partial charge is 0.378 e. The fraction of sp³-hybridized carbons (Fsp3) is 0.222. The first-order valence-corrected chi connectivity index (χ1v) is 12.0. The Labute approximate surface area is 203 Å². The second-order valence-electron chi connectivity index (χ2n) is 8.48. The standard InChI is InChI=1S/C27H28N4O2S/c1-18-9-11-20(12-10-18)17-31-26(33)23-7-5-6-8-24(23)29-27(31)34-19(2)25(32)28-21-13-15-22(16-14-21)30(3)4/h5-16,19H,17H2,1-4H3,(H,28,32). The predicted molar refractivity (Wildman–Crippen MR) is 141 cm³/mol. The number of hydrogen-bond donors (Lipinski definition) is 1. The van der Waals surface area contributed by atoms with Gasteiger partial charge in [0, 0.05) is 25.5 Å². The molecule has 0 saturated carbocycles. The summed E-state index contributed by atoms with van der Waals surface area (Å²) in [5.41, 5.74) is 4.46. The van der Waals surface area contributed by atoms with Gasteiger partial charge in [-0.3, -0.25) is 14.2 Å². The van der Waals surface area contributed by atoms with Gasteiger partial charge >= 0.3 is 0 Å². The maximum atomic E-state index is 13.4. The highest BCUT2D eigenvalue weighted by molar-refractivity contribution is 8.00. The molecule has 0 aliphatic carbocycles. The lowest BCUT2D eigenvalue weighted by Crippen LogP contribution is -2.27. The summed E-state index contributed by atoms with van der Waals surface area (Å²) in [6.45, 7) is 4.24. The maximum absolute atomic E-state index is 13.4. The monoisotopic (exact) mass is 472 g/mol. The molecule has 0 fully saturated rings. The van der Waals surface area contributed by atoms with Gasteiger partial charge in [0.2, 0.25) is 5.91 Å². The first-order valence-electron chi connectivity index (χ1n) is 11.1. The third-order valence-corrected chi connectivity index (χ3v) is 6.68. The normalized spacial score (nSPS) is 11.9. The molecular formula is C27H28N4O2S. The van der Waals surface area contributed by atoms with Crippen molar-refractivity contribution in [3.63, 3.8) is 0 Å². The van der Waals surface area contributed by atoms with Crippen LogP contribution in [0.25, 0.3) is 10.9 Å². The number of fused-ring (bicyclic) bond motifs is 1. The molecule has 4 rings (SSSR count).